The summed E-state index contributed by atoms with van der Waals surface area (Å²) >= 11 is 1.32. The zero-order chi connectivity index (χ0) is 22.3. The lowest BCUT2D eigenvalue weighted by atomic mass is 9.96. The smallest absolute Gasteiger partial charge is 0.338 e. The molecule has 0 bridgehead atoms. The number of ether oxygens (including phenoxy) is 1. The number of carbonyl (C=O) groups excluding carboxylic acids is 1. The molecule has 4 rings (SSSR count). The summed E-state index contributed by atoms with van der Waals surface area (Å²) in [7, 11) is 1.34. The van der Waals surface area contributed by atoms with Crippen LogP contribution in [0, 0.1) is 13.8 Å². The summed E-state index contributed by atoms with van der Waals surface area (Å²) < 4.78 is 9.10. The van der Waals surface area contributed by atoms with Crippen LogP contribution in [-0.4, -0.2) is 27.4 Å². The van der Waals surface area contributed by atoms with Gasteiger partial charge >= 0.3 is 5.97 Å². The molecule has 31 heavy (non-hydrogen) atoms. The van der Waals surface area contributed by atoms with Gasteiger partial charge in [0.05, 0.1) is 34.6 Å². The number of aromatic nitrogens is 3. The molecule has 8 heteroatoms. The van der Waals surface area contributed by atoms with Gasteiger partial charge in [0.25, 0.3) is 5.56 Å². The van der Waals surface area contributed by atoms with Crippen LogP contribution in [0.3, 0.4) is 0 Å². The fourth-order valence-electron chi connectivity index (χ4n) is 4.00. The number of hydrogen-bond acceptors (Lipinski definition) is 6. The van der Waals surface area contributed by atoms with Crippen molar-refractivity contribution in [1.82, 2.24) is 14.3 Å². The van der Waals surface area contributed by atoms with E-state index in [1.807, 2.05) is 61.9 Å². The lowest BCUT2D eigenvalue weighted by Crippen LogP contribution is -2.39. The number of fused-ring (bicyclic) bond motifs is 1. The van der Waals surface area contributed by atoms with Crippen molar-refractivity contribution in [3.8, 4) is 0 Å². The molecule has 0 N–H and O–H groups in total. The minimum absolute atomic E-state index is 0.186. The maximum absolute atomic E-state index is 13.5. The van der Waals surface area contributed by atoms with Crippen LogP contribution in [0.4, 0.5) is 0 Å². The average Bonchev–Trinajstić information content (AvgIpc) is 3.23. The predicted molar refractivity (Wildman–Crippen MR) is 120 cm³/mol. The summed E-state index contributed by atoms with van der Waals surface area (Å²) in [5.74, 6) is -0.486. The third kappa shape index (κ3) is 3.46. The van der Waals surface area contributed by atoms with Crippen molar-refractivity contribution in [2.75, 3.05) is 7.11 Å². The van der Waals surface area contributed by atoms with Gasteiger partial charge in [0.1, 0.15) is 0 Å². The van der Waals surface area contributed by atoms with E-state index in [2.05, 4.69) is 10.1 Å². The first-order valence-corrected chi connectivity index (χ1v) is 10.9. The number of rotatable bonds is 4. The van der Waals surface area contributed by atoms with Crippen LogP contribution in [0.25, 0.3) is 6.08 Å². The van der Waals surface area contributed by atoms with Crippen molar-refractivity contribution in [2.45, 2.75) is 40.3 Å². The second kappa shape index (κ2) is 8.11. The highest BCUT2D eigenvalue weighted by molar-refractivity contribution is 7.07. The largest absolute Gasteiger partial charge is 0.466 e. The van der Waals surface area contributed by atoms with E-state index in [0.717, 1.165) is 29.1 Å². The number of hydrogen-bond donors (Lipinski definition) is 0. The summed E-state index contributed by atoms with van der Waals surface area (Å²) in [4.78, 5) is 31.3. The lowest BCUT2D eigenvalue weighted by Gasteiger charge is -2.24. The number of aryl methyl sites for hydroxylation is 2. The van der Waals surface area contributed by atoms with E-state index in [1.165, 1.54) is 18.4 Å². The van der Waals surface area contributed by atoms with Crippen molar-refractivity contribution in [1.29, 1.82) is 0 Å². The second-order valence-corrected chi connectivity index (χ2v) is 8.39. The molecule has 0 radical (unpaired) electrons. The van der Waals surface area contributed by atoms with Crippen molar-refractivity contribution in [3.63, 3.8) is 0 Å². The standard InChI is InChI=1S/C23H24N4O3S/c1-6-26-15(4)17(13(2)25-26)12-18-21(28)27-20(16-10-8-7-9-11-16)19(22(29)30-5)14(3)24-23(27)31-18/h7-12,20H,6H2,1-5H3/t20-/m1/s1. The Hall–Kier alpha value is -3.26. The quantitative estimate of drug-likeness (QED) is 0.588. The summed E-state index contributed by atoms with van der Waals surface area (Å²) in [6, 6.07) is 8.90. The number of carbonyl (C=O) groups is 1. The molecular formula is C23H24N4O3S. The van der Waals surface area contributed by atoms with Gasteiger partial charge in [-0.2, -0.15) is 5.10 Å². The highest BCUT2D eigenvalue weighted by atomic mass is 32.1. The third-order valence-electron chi connectivity index (χ3n) is 5.55. The van der Waals surface area contributed by atoms with Gasteiger partial charge in [0, 0.05) is 17.8 Å². The van der Waals surface area contributed by atoms with E-state index in [0.29, 0.717) is 20.6 Å². The minimum Gasteiger partial charge on any atom is -0.466 e. The Morgan fingerprint density at radius 1 is 1.23 bits per heavy atom. The van der Waals surface area contributed by atoms with E-state index in [1.54, 1.807) is 11.5 Å². The van der Waals surface area contributed by atoms with Gasteiger partial charge in [-0.3, -0.25) is 14.0 Å². The maximum atomic E-state index is 13.5. The van der Waals surface area contributed by atoms with Gasteiger partial charge in [-0.05, 0) is 39.3 Å². The van der Waals surface area contributed by atoms with Crippen LogP contribution in [0.2, 0.25) is 0 Å². The van der Waals surface area contributed by atoms with Crippen LogP contribution in [0.1, 0.15) is 42.4 Å². The molecule has 1 aliphatic heterocycles. The highest BCUT2D eigenvalue weighted by Gasteiger charge is 2.32. The summed E-state index contributed by atoms with van der Waals surface area (Å²) in [6.07, 6.45) is 1.88. The van der Waals surface area contributed by atoms with E-state index in [9.17, 15) is 9.59 Å². The molecule has 2 aromatic heterocycles. The number of benzene rings is 1. The third-order valence-corrected chi connectivity index (χ3v) is 6.54. The first-order chi connectivity index (χ1) is 14.9. The minimum atomic E-state index is -0.590. The first kappa shape index (κ1) is 21.0. The van der Waals surface area contributed by atoms with Crippen LogP contribution in [-0.2, 0) is 16.1 Å². The zero-order valence-electron chi connectivity index (χ0n) is 18.2. The van der Waals surface area contributed by atoms with Crippen molar-refractivity contribution in [2.24, 2.45) is 4.99 Å². The van der Waals surface area contributed by atoms with Crippen LogP contribution < -0.4 is 14.9 Å². The van der Waals surface area contributed by atoms with Crippen LogP contribution >= 0.6 is 11.3 Å². The predicted octanol–water partition coefficient (Wildman–Crippen LogP) is 2.24. The molecule has 7 nitrogen and oxygen atoms in total. The molecule has 160 valence electrons. The lowest BCUT2D eigenvalue weighted by molar-refractivity contribution is -0.136. The molecule has 1 atom stereocenters. The van der Waals surface area contributed by atoms with Gasteiger partial charge in [0.15, 0.2) is 4.80 Å². The Kier molecular flexibility index (Phi) is 5.49. The van der Waals surface area contributed by atoms with Crippen molar-refractivity contribution in [3.05, 3.63) is 83.8 Å². The number of methoxy groups -OCH3 is 1. The summed E-state index contributed by atoms with van der Waals surface area (Å²) in [6.45, 7) is 8.51. The summed E-state index contributed by atoms with van der Waals surface area (Å²) in [5.41, 5.74) is 4.39. The Bertz CT molecular complexity index is 1380. The molecular weight excluding hydrogens is 412 g/mol. The maximum Gasteiger partial charge on any atom is 0.338 e. The molecule has 0 fully saturated rings. The van der Waals surface area contributed by atoms with Crippen molar-refractivity contribution < 1.29 is 9.53 Å². The molecule has 3 aromatic rings. The summed E-state index contributed by atoms with van der Waals surface area (Å²) in [5, 5.41) is 4.55. The van der Waals surface area contributed by atoms with Crippen molar-refractivity contribution >= 4 is 23.4 Å². The zero-order valence-corrected chi connectivity index (χ0v) is 19.0. The van der Waals surface area contributed by atoms with E-state index >= 15 is 0 Å². The molecule has 0 saturated carbocycles. The fourth-order valence-corrected chi connectivity index (χ4v) is 5.03. The monoisotopic (exact) mass is 436 g/mol. The van der Waals surface area contributed by atoms with E-state index < -0.39 is 12.0 Å². The SMILES string of the molecule is CCn1nc(C)c(C=c2sc3n(c2=O)[C@H](c2ccccc2)C(C(=O)OC)=C(C)N=3)c1C. The normalized spacial score (nSPS) is 16.3. The Balaban J connectivity index is 1.99. The molecule has 1 aromatic carbocycles. The Morgan fingerprint density at radius 3 is 2.55 bits per heavy atom. The molecule has 0 unspecified atom stereocenters. The van der Waals surface area contributed by atoms with Gasteiger partial charge in [-0.1, -0.05) is 41.7 Å². The molecule has 0 spiro atoms. The molecule has 0 saturated heterocycles. The molecule has 0 amide bonds. The molecule has 3 heterocycles. The van der Waals surface area contributed by atoms with Gasteiger partial charge in [0.2, 0.25) is 0 Å². The number of thiazole rings is 1. The van der Waals surface area contributed by atoms with Crippen LogP contribution in [0.5, 0.6) is 0 Å². The van der Waals surface area contributed by atoms with Gasteiger partial charge < -0.3 is 4.74 Å². The molecule has 0 aliphatic carbocycles. The van der Waals surface area contributed by atoms with E-state index in [4.69, 9.17) is 4.74 Å². The topological polar surface area (TPSA) is 78.5 Å². The van der Waals surface area contributed by atoms with Gasteiger partial charge in [-0.25, -0.2) is 9.79 Å². The second-order valence-electron chi connectivity index (χ2n) is 7.38. The van der Waals surface area contributed by atoms with E-state index in [-0.39, 0.29) is 5.56 Å². The number of esters is 1. The van der Waals surface area contributed by atoms with Gasteiger partial charge in [-0.15, -0.1) is 0 Å². The van der Waals surface area contributed by atoms with Crippen LogP contribution in [0.15, 0.2) is 51.4 Å². The Morgan fingerprint density at radius 2 is 1.94 bits per heavy atom. The first-order valence-electron chi connectivity index (χ1n) is 10.1. The molecule has 1 aliphatic rings. The Labute approximate surface area is 183 Å². The average molecular weight is 437 g/mol. The number of nitrogens with zero attached hydrogens (tertiary/aromatic N) is 4. The number of allylic oxidation sites excluding steroid dienone is 1. The highest BCUT2D eigenvalue weighted by Crippen LogP contribution is 2.30. The fraction of sp³-hybridized carbons (Fsp3) is 0.304.